The summed E-state index contributed by atoms with van der Waals surface area (Å²) in [7, 11) is 0. The second kappa shape index (κ2) is 7.46. The lowest BCUT2D eigenvalue weighted by Gasteiger charge is -2.30. The van der Waals surface area contributed by atoms with Crippen LogP contribution in [0.3, 0.4) is 0 Å². The summed E-state index contributed by atoms with van der Waals surface area (Å²) in [5.74, 6) is 0.849. The monoisotopic (exact) mass is 387 g/mol. The maximum absolute atomic E-state index is 12.4. The molecule has 0 bridgehead atoms. The molecule has 1 aliphatic rings. The normalized spacial score (nSPS) is 19.3. The van der Waals surface area contributed by atoms with Crippen LogP contribution in [-0.4, -0.2) is 35.4 Å². The Kier molecular flexibility index (Phi) is 4.51. The summed E-state index contributed by atoms with van der Waals surface area (Å²) in [5.41, 5.74) is 2.60. The molecule has 1 N–H and O–H groups in total. The molecule has 0 aromatic carbocycles. The fourth-order valence-corrected chi connectivity index (χ4v) is 3.98. The molecule has 146 valence electrons. The molecule has 0 radical (unpaired) electrons. The Morgan fingerprint density at radius 2 is 1.90 bits per heavy atom. The second-order valence-electron chi connectivity index (χ2n) is 7.33. The summed E-state index contributed by atoms with van der Waals surface area (Å²) in [4.78, 5) is 21.1. The fourth-order valence-electron chi connectivity index (χ4n) is 3.98. The van der Waals surface area contributed by atoms with Crippen molar-refractivity contribution >= 4 is 11.3 Å². The first-order valence-electron chi connectivity index (χ1n) is 9.83. The van der Waals surface area contributed by atoms with Crippen molar-refractivity contribution in [1.29, 1.82) is 0 Å². The lowest BCUT2D eigenvalue weighted by molar-refractivity contribution is 0.304. The Bertz CT molecular complexity index is 1180. The van der Waals surface area contributed by atoms with Crippen molar-refractivity contribution in [2.75, 3.05) is 5.32 Å². The van der Waals surface area contributed by atoms with Crippen LogP contribution in [-0.2, 0) is 0 Å². The number of nitrogens with one attached hydrogen (secondary N) is 1. The van der Waals surface area contributed by atoms with Crippen molar-refractivity contribution in [3.8, 4) is 11.3 Å². The van der Waals surface area contributed by atoms with Gasteiger partial charge in [0.2, 0.25) is 0 Å². The largest absolute Gasteiger partial charge is 0.366 e. The van der Waals surface area contributed by atoms with Crippen molar-refractivity contribution in [3.63, 3.8) is 0 Å². The maximum atomic E-state index is 12.4. The molecule has 1 aliphatic carbocycles. The van der Waals surface area contributed by atoms with E-state index in [-0.39, 0.29) is 11.6 Å². The zero-order valence-electron chi connectivity index (χ0n) is 15.8. The van der Waals surface area contributed by atoms with Crippen LogP contribution < -0.4 is 10.9 Å². The summed E-state index contributed by atoms with van der Waals surface area (Å²) in [6.45, 7) is 0. The van der Waals surface area contributed by atoms with Gasteiger partial charge in [-0.15, -0.1) is 0 Å². The molecule has 0 spiro atoms. The van der Waals surface area contributed by atoms with E-state index in [0.29, 0.717) is 6.04 Å². The van der Waals surface area contributed by atoms with Gasteiger partial charge in [-0.25, -0.2) is 14.2 Å². The van der Waals surface area contributed by atoms with Gasteiger partial charge in [-0.05, 0) is 49.9 Å². The Morgan fingerprint density at radius 3 is 2.72 bits per heavy atom. The summed E-state index contributed by atoms with van der Waals surface area (Å²) in [6, 6.07) is 9.57. The van der Waals surface area contributed by atoms with Gasteiger partial charge in [0, 0.05) is 42.5 Å². The maximum Gasteiger partial charge on any atom is 0.267 e. The summed E-state index contributed by atoms with van der Waals surface area (Å²) < 4.78 is 3.46. The van der Waals surface area contributed by atoms with Crippen LogP contribution in [0.25, 0.3) is 16.8 Å². The SMILES string of the molecule is O=c1ccc(-c2cccnc2)nn1C1CCC(Nc2nccn3nccc23)CC1. The van der Waals surface area contributed by atoms with Crippen LogP contribution in [0.4, 0.5) is 5.82 Å². The Hall–Kier alpha value is -3.55. The van der Waals surface area contributed by atoms with E-state index >= 15 is 0 Å². The molecule has 1 fully saturated rings. The predicted molar refractivity (Wildman–Crippen MR) is 110 cm³/mol. The quantitative estimate of drug-likeness (QED) is 0.579. The van der Waals surface area contributed by atoms with Crippen LogP contribution in [0.2, 0.25) is 0 Å². The number of rotatable bonds is 4. The number of hydrogen-bond acceptors (Lipinski definition) is 6. The van der Waals surface area contributed by atoms with E-state index in [2.05, 4.69) is 25.5 Å². The minimum Gasteiger partial charge on any atom is -0.366 e. The van der Waals surface area contributed by atoms with Crippen molar-refractivity contribution in [2.45, 2.75) is 37.8 Å². The average Bonchev–Trinajstić information content (AvgIpc) is 3.25. The van der Waals surface area contributed by atoms with Crippen molar-refractivity contribution in [1.82, 2.24) is 29.4 Å². The van der Waals surface area contributed by atoms with E-state index in [4.69, 9.17) is 0 Å². The number of nitrogens with zero attached hydrogens (tertiary/aromatic N) is 6. The van der Waals surface area contributed by atoms with E-state index in [1.165, 1.54) is 0 Å². The molecule has 4 heterocycles. The zero-order chi connectivity index (χ0) is 19.6. The van der Waals surface area contributed by atoms with E-state index < -0.39 is 0 Å². The zero-order valence-corrected chi connectivity index (χ0v) is 15.8. The molecule has 8 heteroatoms. The number of anilines is 1. The molecule has 5 rings (SSSR count). The van der Waals surface area contributed by atoms with Crippen LogP contribution in [0.1, 0.15) is 31.7 Å². The van der Waals surface area contributed by atoms with Crippen LogP contribution in [0.15, 0.2) is 66.1 Å². The van der Waals surface area contributed by atoms with Gasteiger partial charge in [0.1, 0.15) is 5.52 Å². The van der Waals surface area contributed by atoms with Gasteiger partial charge in [0.25, 0.3) is 5.56 Å². The molecule has 0 aliphatic heterocycles. The molecule has 4 aromatic heterocycles. The summed E-state index contributed by atoms with van der Waals surface area (Å²) >= 11 is 0. The van der Waals surface area contributed by atoms with E-state index in [0.717, 1.165) is 48.3 Å². The van der Waals surface area contributed by atoms with Gasteiger partial charge in [0.05, 0.1) is 17.9 Å². The van der Waals surface area contributed by atoms with Crippen LogP contribution >= 0.6 is 0 Å². The minimum absolute atomic E-state index is 0.0558. The number of fused-ring (bicyclic) bond motifs is 1. The third kappa shape index (κ3) is 3.49. The van der Waals surface area contributed by atoms with Gasteiger partial charge < -0.3 is 5.32 Å². The molecule has 29 heavy (non-hydrogen) atoms. The summed E-state index contributed by atoms with van der Waals surface area (Å²) in [5, 5.41) is 12.4. The highest BCUT2D eigenvalue weighted by Crippen LogP contribution is 2.29. The third-order valence-electron chi connectivity index (χ3n) is 5.49. The van der Waals surface area contributed by atoms with Crippen molar-refractivity contribution < 1.29 is 0 Å². The molecular formula is C21H21N7O. The van der Waals surface area contributed by atoms with Gasteiger partial charge in [-0.1, -0.05) is 0 Å². The molecule has 0 unspecified atom stereocenters. The summed E-state index contributed by atoms with van der Waals surface area (Å²) in [6.07, 6.45) is 12.5. The Balaban J connectivity index is 1.31. The molecule has 0 saturated heterocycles. The lowest BCUT2D eigenvalue weighted by Crippen LogP contribution is -2.33. The van der Waals surface area contributed by atoms with Crippen molar-refractivity contribution in [2.24, 2.45) is 0 Å². The number of hydrogen-bond donors (Lipinski definition) is 1. The molecule has 0 atom stereocenters. The van der Waals surface area contributed by atoms with E-state index in [9.17, 15) is 4.79 Å². The Labute approximate surface area is 167 Å². The van der Waals surface area contributed by atoms with Gasteiger partial charge in [-0.2, -0.15) is 10.2 Å². The minimum atomic E-state index is -0.0558. The molecular weight excluding hydrogens is 366 g/mol. The highest BCUT2D eigenvalue weighted by Gasteiger charge is 2.24. The highest BCUT2D eigenvalue weighted by molar-refractivity contribution is 5.67. The highest BCUT2D eigenvalue weighted by atomic mass is 16.1. The van der Waals surface area contributed by atoms with Crippen LogP contribution in [0, 0.1) is 0 Å². The lowest BCUT2D eigenvalue weighted by atomic mass is 9.91. The van der Waals surface area contributed by atoms with Crippen molar-refractivity contribution in [3.05, 3.63) is 71.7 Å². The van der Waals surface area contributed by atoms with Gasteiger partial charge in [-0.3, -0.25) is 9.78 Å². The standard InChI is InChI=1S/C21H21N7O/c29-20-8-7-18(15-2-1-10-22-14-15)26-28(20)17-5-3-16(4-6-17)25-21-19-9-11-24-27(19)13-12-23-21/h1-2,7-14,16-17H,3-6H2,(H,23,25). The first-order chi connectivity index (χ1) is 14.3. The first kappa shape index (κ1) is 17.5. The fraction of sp³-hybridized carbons (Fsp3) is 0.286. The average molecular weight is 387 g/mol. The predicted octanol–water partition coefficient (Wildman–Crippen LogP) is 2.94. The van der Waals surface area contributed by atoms with E-state index in [1.807, 2.05) is 28.9 Å². The first-order valence-corrected chi connectivity index (χ1v) is 9.83. The number of aromatic nitrogens is 6. The van der Waals surface area contributed by atoms with Gasteiger partial charge >= 0.3 is 0 Å². The smallest absolute Gasteiger partial charge is 0.267 e. The van der Waals surface area contributed by atoms with E-state index in [1.54, 1.807) is 41.6 Å². The second-order valence-corrected chi connectivity index (χ2v) is 7.33. The topological polar surface area (TPSA) is 90.0 Å². The molecule has 1 saturated carbocycles. The molecule has 4 aromatic rings. The number of pyridine rings is 1. The van der Waals surface area contributed by atoms with Crippen LogP contribution in [0.5, 0.6) is 0 Å². The third-order valence-corrected chi connectivity index (χ3v) is 5.49. The molecule has 0 amide bonds. The Morgan fingerprint density at radius 1 is 1.00 bits per heavy atom. The van der Waals surface area contributed by atoms with Gasteiger partial charge in [0.15, 0.2) is 5.82 Å². The molecule has 8 nitrogen and oxygen atoms in total.